The molecule has 19 heavy (non-hydrogen) atoms. The first-order chi connectivity index (χ1) is 9.40. The Morgan fingerprint density at radius 3 is 3.16 bits per heavy atom. The Labute approximate surface area is 113 Å². The van der Waals surface area contributed by atoms with Gasteiger partial charge in [-0.2, -0.15) is 0 Å². The number of fused-ring (bicyclic) bond motifs is 2. The Hall–Kier alpha value is -1.39. The van der Waals surface area contributed by atoms with Gasteiger partial charge in [0.2, 0.25) is 0 Å². The van der Waals surface area contributed by atoms with E-state index in [-0.39, 0.29) is 0 Å². The molecule has 4 heteroatoms. The molecule has 4 nitrogen and oxygen atoms in total. The number of nitrogens with zero attached hydrogens (tertiary/aromatic N) is 2. The highest BCUT2D eigenvalue weighted by atomic mass is 15.2. The Bertz CT molecular complexity index is 543. The summed E-state index contributed by atoms with van der Waals surface area (Å²) in [6, 6.07) is 9.64. The number of hydrogen-bond acceptors (Lipinski definition) is 3. The van der Waals surface area contributed by atoms with Crippen LogP contribution in [0.15, 0.2) is 24.3 Å². The lowest BCUT2D eigenvalue weighted by atomic mass is 10.1. The molecule has 2 unspecified atom stereocenters. The predicted molar refractivity (Wildman–Crippen MR) is 75.9 cm³/mol. The summed E-state index contributed by atoms with van der Waals surface area (Å²) >= 11 is 0. The smallest absolute Gasteiger partial charge is 0.121 e. The van der Waals surface area contributed by atoms with E-state index < -0.39 is 0 Å². The monoisotopic (exact) mass is 256 g/mol. The molecule has 3 heterocycles. The van der Waals surface area contributed by atoms with E-state index in [1.165, 1.54) is 32.4 Å². The molecule has 2 aliphatic heterocycles. The average Bonchev–Trinajstić information content (AvgIpc) is 3.11. The molecule has 0 saturated carbocycles. The largest absolute Gasteiger partial charge is 0.341 e. The highest BCUT2D eigenvalue weighted by Crippen LogP contribution is 2.28. The van der Waals surface area contributed by atoms with Crippen molar-refractivity contribution < 1.29 is 0 Å². The third-order valence-corrected chi connectivity index (χ3v) is 4.58. The van der Waals surface area contributed by atoms with Gasteiger partial charge in [-0.05, 0) is 37.9 Å². The van der Waals surface area contributed by atoms with Crippen molar-refractivity contribution in [2.75, 3.05) is 13.1 Å². The fourth-order valence-electron chi connectivity index (χ4n) is 3.64. The minimum atomic E-state index is 0.649. The highest BCUT2D eigenvalue weighted by molar-refractivity contribution is 5.74. The summed E-state index contributed by atoms with van der Waals surface area (Å²) < 4.78 is 0. The highest BCUT2D eigenvalue weighted by Gasteiger charge is 2.36. The molecule has 2 atom stereocenters. The van der Waals surface area contributed by atoms with E-state index in [9.17, 15) is 0 Å². The number of benzene rings is 1. The third-order valence-electron chi connectivity index (χ3n) is 4.58. The number of nitrogens with one attached hydrogen (secondary N) is 2. The van der Waals surface area contributed by atoms with Gasteiger partial charge in [-0.15, -0.1) is 0 Å². The Morgan fingerprint density at radius 2 is 2.21 bits per heavy atom. The molecule has 2 saturated heterocycles. The van der Waals surface area contributed by atoms with E-state index in [0.717, 1.165) is 29.4 Å². The minimum Gasteiger partial charge on any atom is -0.341 e. The summed E-state index contributed by atoms with van der Waals surface area (Å²) in [7, 11) is 0. The van der Waals surface area contributed by atoms with Crippen LogP contribution in [-0.2, 0) is 6.54 Å². The number of imidazole rings is 1. The van der Waals surface area contributed by atoms with Crippen molar-refractivity contribution in [1.82, 2.24) is 20.2 Å². The molecule has 0 spiro atoms. The number of rotatable bonds is 3. The molecule has 2 aliphatic rings. The number of H-pyrrole nitrogens is 1. The van der Waals surface area contributed by atoms with Crippen LogP contribution in [-0.4, -0.2) is 40.0 Å². The van der Waals surface area contributed by atoms with Crippen molar-refractivity contribution >= 4 is 11.0 Å². The third kappa shape index (κ3) is 2.05. The zero-order valence-electron chi connectivity index (χ0n) is 11.1. The van der Waals surface area contributed by atoms with Crippen LogP contribution in [0.5, 0.6) is 0 Å². The number of para-hydroxylation sites is 2. The van der Waals surface area contributed by atoms with Gasteiger partial charge in [-0.1, -0.05) is 12.1 Å². The van der Waals surface area contributed by atoms with Gasteiger partial charge in [0.05, 0.1) is 17.6 Å². The SMILES string of the molecule is c1ccc2[nH]c(CNC3CCN4CCCC34)nc2c1. The summed E-state index contributed by atoms with van der Waals surface area (Å²) in [5, 5.41) is 3.69. The first-order valence-corrected chi connectivity index (χ1v) is 7.31. The molecule has 2 fully saturated rings. The predicted octanol–water partition coefficient (Wildman–Crippen LogP) is 1.89. The number of aromatic amines is 1. The summed E-state index contributed by atoms with van der Waals surface area (Å²) in [6.45, 7) is 3.42. The second kappa shape index (κ2) is 4.62. The van der Waals surface area contributed by atoms with E-state index in [1.54, 1.807) is 0 Å². The lowest BCUT2D eigenvalue weighted by molar-refractivity contribution is 0.298. The molecule has 0 radical (unpaired) electrons. The summed E-state index contributed by atoms with van der Waals surface area (Å²) in [5.74, 6) is 1.05. The quantitative estimate of drug-likeness (QED) is 0.881. The van der Waals surface area contributed by atoms with Crippen molar-refractivity contribution in [3.05, 3.63) is 30.1 Å². The summed E-state index contributed by atoms with van der Waals surface area (Å²) in [5.41, 5.74) is 2.20. The Kier molecular flexibility index (Phi) is 2.78. The number of aromatic nitrogens is 2. The molecule has 2 aromatic rings. The molecule has 100 valence electrons. The zero-order valence-corrected chi connectivity index (χ0v) is 11.1. The first kappa shape index (κ1) is 11.4. The van der Waals surface area contributed by atoms with Crippen molar-refractivity contribution in [3.63, 3.8) is 0 Å². The van der Waals surface area contributed by atoms with E-state index in [4.69, 9.17) is 0 Å². The standard InChI is InChI=1S/C15H20N4/c1-2-5-12-11(4-1)17-15(18-12)10-16-13-7-9-19-8-3-6-14(13)19/h1-2,4-5,13-14,16H,3,6-10H2,(H,17,18). The van der Waals surface area contributed by atoms with Crippen LogP contribution in [0.25, 0.3) is 11.0 Å². The molecule has 1 aromatic heterocycles. The van der Waals surface area contributed by atoms with Crippen LogP contribution in [0.3, 0.4) is 0 Å². The van der Waals surface area contributed by atoms with E-state index in [2.05, 4.69) is 32.3 Å². The zero-order chi connectivity index (χ0) is 12.7. The summed E-state index contributed by atoms with van der Waals surface area (Å²) in [4.78, 5) is 10.7. The maximum absolute atomic E-state index is 4.63. The van der Waals surface area contributed by atoms with Gasteiger partial charge in [-0.25, -0.2) is 4.98 Å². The van der Waals surface area contributed by atoms with E-state index >= 15 is 0 Å². The topological polar surface area (TPSA) is 44.0 Å². The Morgan fingerprint density at radius 1 is 1.26 bits per heavy atom. The van der Waals surface area contributed by atoms with Crippen LogP contribution in [0.2, 0.25) is 0 Å². The second-order valence-corrected chi connectivity index (χ2v) is 5.72. The summed E-state index contributed by atoms with van der Waals surface area (Å²) in [6.07, 6.45) is 4.01. The van der Waals surface area contributed by atoms with Crippen molar-refractivity contribution in [3.8, 4) is 0 Å². The molecule has 4 rings (SSSR count). The van der Waals surface area contributed by atoms with Crippen LogP contribution in [0.1, 0.15) is 25.1 Å². The van der Waals surface area contributed by atoms with Gasteiger partial charge in [0, 0.05) is 18.6 Å². The normalized spacial score (nSPS) is 27.2. The van der Waals surface area contributed by atoms with Gasteiger partial charge in [0.25, 0.3) is 0 Å². The lowest BCUT2D eigenvalue weighted by Gasteiger charge is -2.20. The minimum absolute atomic E-state index is 0.649. The molecular weight excluding hydrogens is 236 g/mol. The van der Waals surface area contributed by atoms with Crippen molar-refractivity contribution in [2.24, 2.45) is 0 Å². The molecular formula is C15H20N4. The Balaban J connectivity index is 1.44. The molecule has 0 aliphatic carbocycles. The molecule has 2 N–H and O–H groups in total. The van der Waals surface area contributed by atoms with Crippen LogP contribution >= 0.6 is 0 Å². The molecule has 0 bridgehead atoms. The van der Waals surface area contributed by atoms with E-state index in [0.29, 0.717) is 6.04 Å². The second-order valence-electron chi connectivity index (χ2n) is 5.72. The van der Waals surface area contributed by atoms with Gasteiger partial charge in [0.1, 0.15) is 5.82 Å². The maximum Gasteiger partial charge on any atom is 0.121 e. The van der Waals surface area contributed by atoms with Crippen LogP contribution in [0, 0.1) is 0 Å². The van der Waals surface area contributed by atoms with E-state index in [1.807, 2.05) is 12.1 Å². The fraction of sp³-hybridized carbons (Fsp3) is 0.533. The lowest BCUT2D eigenvalue weighted by Crippen LogP contribution is -2.38. The average molecular weight is 256 g/mol. The van der Waals surface area contributed by atoms with Crippen LogP contribution in [0.4, 0.5) is 0 Å². The van der Waals surface area contributed by atoms with Gasteiger partial charge in [0.15, 0.2) is 0 Å². The molecule has 0 amide bonds. The fourth-order valence-corrected chi connectivity index (χ4v) is 3.64. The first-order valence-electron chi connectivity index (χ1n) is 7.31. The maximum atomic E-state index is 4.63. The number of hydrogen-bond donors (Lipinski definition) is 2. The van der Waals surface area contributed by atoms with Crippen LogP contribution < -0.4 is 5.32 Å². The van der Waals surface area contributed by atoms with Crippen molar-refractivity contribution in [1.29, 1.82) is 0 Å². The van der Waals surface area contributed by atoms with Gasteiger partial charge in [-0.3, -0.25) is 4.90 Å². The van der Waals surface area contributed by atoms with Gasteiger partial charge >= 0.3 is 0 Å². The van der Waals surface area contributed by atoms with Gasteiger partial charge < -0.3 is 10.3 Å². The van der Waals surface area contributed by atoms with Crippen molar-refractivity contribution in [2.45, 2.75) is 37.9 Å². The molecule has 1 aromatic carbocycles.